The Hall–Kier alpha value is -1.07. The van der Waals surface area contributed by atoms with Crippen LogP contribution in [0.25, 0.3) is 0 Å². The van der Waals surface area contributed by atoms with E-state index in [0.717, 1.165) is 29.7 Å². The van der Waals surface area contributed by atoms with Crippen molar-refractivity contribution < 1.29 is 9.90 Å². The van der Waals surface area contributed by atoms with Crippen molar-refractivity contribution in [3.63, 3.8) is 0 Å². The van der Waals surface area contributed by atoms with Crippen LogP contribution in [0.4, 0.5) is 5.69 Å². The van der Waals surface area contributed by atoms with Crippen molar-refractivity contribution >= 4 is 27.6 Å². The number of nitrogens with one attached hydrogen (secondary N) is 1. The summed E-state index contributed by atoms with van der Waals surface area (Å²) in [6.45, 7) is 1.75. The van der Waals surface area contributed by atoms with Crippen LogP contribution in [0.1, 0.15) is 19.3 Å². The normalized spacial score (nSPS) is 24.7. The van der Waals surface area contributed by atoms with Crippen LogP contribution < -0.4 is 5.32 Å². The molecule has 5 heteroatoms. The van der Waals surface area contributed by atoms with E-state index in [0.29, 0.717) is 12.8 Å². The third-order valence-electron chi connectivity index (χ3n) is 3.72. The Morgan fingerprint density at radius 3 is 2.79 bits per heavy atom. The van der Waals surface area contributed by atoms with Gasteiger partial charge in [0.05, 0.1) is 0 Å². The minimum atomic E-state index is -0.866. The van der Waals surface area contributed by atoms with E-state index < -0.39 is 11.5 Å². The van der Waals surface area contributed by atoms with Crippen LogP contribution in [0.15, 0.2) is 28.7 Å². The lowest BCUT2D eigenvalue weighted by atomic mass is 9.90. The zero-order valence-corrected chi connectivity index (χ0v) is 12.6. The molecule has 0 amide bonds. The van der Waals surface area contributed by atoms with E-state index in [9.17, 15) is 9.90 Å². The van der Waals surface area contributed by atoms with Gasteiger partial charge in [0, 0.05) is 16.7 Å². The summed E-state index contributed by atoms with van der Waals surface area (Å²) < 4.78 is 0.897. The van der Waals surface area contributed by atoms with E-state index in [1.54, 1.807) is 0 Å². The maximum Gasteiger partial charge on any atom is 0.329 e. The Labute approximate surface area is 121 Å². The largest absolute Gasteiger partial charge is 0.480 e. The van der Waals surface area contributed by atoms with Gasteiger partial charge in [0.15, 0.2) is 0 Å². The van der Waals surface area contributed by atoms with Crippen molar-refractivity contribution in [1.82, 2.24) is 4.90 Å². The van der Waals surface area contributed by atoms with Gasteiger partial charge in [0.1, 0.15) is 5.54 Å². The number of rotatable bonds is 3. The van der Waals surface area contributed by atoms with Gasteiger partial charge in [0.25, 0.3) is 0 Å². The fourth-order valence-corrected chi connectivity index (χ4v) is 2.87. The summed E-state index contributed by atoms with van der Waals surface area (Å²) in [5.41, 5.74) is -0.0243. The molecule has 4 nitrogen and oxygen atoms in total. The molecule has 0 radical (unpaired) electrons. The summed E-state index contributed by atoms with van der Waals surface area (Å²) in [4.78, 5) is 13.9. The Kier molecular flexibility index (Phi) is 4.47. The maximum atomic E-state index is 11.8. The molecule has 0 aromatic heterocycles. The number of likely N-dealkylation sites (tertiary alicyclic amines) is 1. The molecule has 104 valence electrons. The number of aliphatic carboxylic acids is 1. The van der Waals surface area contributed by atoms with Crippen LogP contribution in [0, 0.1) is 0 Å². The lowest BCUT2D eigenvalue weighted by molar-refractivity contribution is -0.142. The van der Waals surface area contributed by atoms with E-state index in [1.165, 1.54) is 0 Å². The first-order chi connectivity index (χ1) is 9.03. The highest BCUT2D eigenvalue weighted by molar-refractivity contribution is 9.10. The molecule has 1 atom stereocenters. The number of carboxylic acid groups (broad SMARTS) is 1. The van der Waals surface area contributed by atoms with Crippen LogP contribution in [-0.4, -0.2) is 41.7 Å². The van der Waals surface area contributed by atoms with Crippen molar-refractivity contribution in [1.29, 1.82) is 0 Å². The van der Waals surface area contributed by atoms with Crippen LogP contribution in [0.3, 0.4) is 0 Å². The van der Waals surface area contributed by atoms with Gasteiger partial charge in [-0.05, 0) is 60.9 Å². The zero-order chi connectivity index (χ0) is 13.9. The quantitative estimate of drug-likeness (QED) is 0.896. The van der Waals surface area contributed by atoms with Crippen molar-refractivity contribution in [2.75, 3.05) is 25.5 Å². The number of hydrogen-bond acceptors (Lipinski definition) is 3. The molecule has 1 aromatic carbocycles. The van der Waals surface area contributed by atoms with Crippen molar-refractivity contribution in [2.45, 2.75) is 24.8 Å². The molecule has 1 heterocycles. The summed E-state index contributed by atoms with van der Waals surface area (Å²) >= 11 is 3.46. The lowest BCUT2D eigenvalue weighted by Gasteiger charge is -2.31. The summed E-state index contributed by atoms with van der Waals surface area (Å²) in [6.07, 6.45) is 2.15. The number of carbonyl (C=O) groups is 1. The van der Waals surface area contributed by atoms with E-state index in [-0.39, 0.29) is 0 Å². The van der Waals surface area contributed by atoms with Gasteiger partial charge in [-0.2, -0.15) is 0 Å². The highest BCUT2D eigenvalue weighted by Crippen LogP contribution is 2.31. The molecule has 0 bridgehead atoms. The Balaban J connectivity index is 2.25. The van der Waals surface area contributed by atoms with Gasteiger partial charge in [0.2, 0.25) is 0 Å². The number of carboxylic acids is 1. The van der Waals surface area contributed by atoms with Crippen LogP contribution in [-0.2, 0) is 4.79 Å². The fraction of sp³-hybridized carbons (Fsp3) is 0.500. The number of nitrogens with zero attached hydrogens (tertiary/aromatic N) is 1. The number of benzene rings is 1. The molecule has 0 aliphatic carbocycles. The van der Waals surface area contributed by atoms with Crippen molar-refractivity contribution in [2.24, 2.45) is 0 Å². The molecule has 2 rings (SSSR count). The second-order valence-corrected chi connectivity index (χ2v) is 6.00. The Bertz CT molecular complexity index is 467. The molecule has 0 spiro atoms. The minimum absolute atomic E-state index is 0.611. The maximum absolute atomic E-state index is 11.8. The molecule has 1 unspecified atom stereocenters. The standard InChI is InChI=1S/C14H19BrN2O2/c1-17-9-4-7-14(8-10-17,13(18)19)16-12-6-3-2-5-11(12)15/h2-3,5-6,16H,4,7-10H2,1H3,(H,18,19). The smallest absolute Gasteiger partial charge is 0.329 e. The molecule has 1 aromatic rings. The molecule has 1 aliphatic rings. The molecule has 1 fully saturated rings. The zero-order valence-electron chi connectivity index (χ0n) is 11.0. The predicted octanol–water partition coefficient (Wildman–Crippen LogP) is 2.80. The third-order valence-corrected chi connectivity index (χ3v) is 4.41. The molecule has 0 saturated carbocycles. The monoisotopic (exact) mass is 326 g/mol. The highest BCUT2D eigenvalue weighted by Gasteiger charge is 2.39. The molecule has 1 saturated heterocycles. The molecule has 19 heavy (non-hydrogen) atoms. The molecular weight excluding hydrogens is 308 g/mol. The molecular formula is C14H19BrN2O2. The van der Waals surface area contributed by atoms with E-state index in [2.05, 4.69) is 26.1 Å². The SMILES string of the molecule is CN1CCCC(Nc2ccccc2Br)(C(=O)O)CC1. The van der Waals surface area contributed by atoms with E-state index in [4.69, 9.17) is 0 Å². The van der Waals surface area contributed by atoms with Crippen LogP contribution in [0.5, 0.6) is 0 Å². The lowest BCUT2D eigenvalue weighted by Crippen LogP contribution is -2.47. The Morgan fingerprint density at radius 1 is 1.37 bits per heavy atom. The third kappa shape index (κ3) is 3.28. The van der Waals surface area contributed by atoms with Gasteiger partial charge in [-0.15, -0.1) is 0 Å². The second-order valence-electron chi connectivity index (χ2n) is 5.15. The Morgan fingerprint density at radius 2 is 2.11 bits per heavy atom. The second kappa shape index (κ2) is 5.92. The molecule has 2 N–H and O–H groups in total. The first kappa shape index (κ1) is 14.3. The topological polar surface area (TPSA) is 52.6 Å². The van der Waals surface area contributed by atoms with E-state index >= 15 is 0 Å². The molecule has 1 aliphatic heterocycles. The van der Waals surface area contributed by atoms with Gasteiger partial charge < -0.3 is 15.3 Å². The van der Waals surface area contributed by atoms with Gasteiger partial charge in [-0.1, -0.05) is 12.1 Å². The highest BCUT2D eigenvalue weighted by atomic mass is 79.9. The average Bonchev–Trinajstić information content (AvgIpc) is 2.56. The van der Waals surface area contributed by atoms with Gasteiger partial charge in [-0.3, -0.25) is 0 Å². The van der Waals surface area contributed by atoms with Gasteiger partial charge >= 0.3 is 5.97 Å². The van der Waals surface area contributed by atoms with Crippen molar-refractivity contribution in [3.05, 3.63) is 28.7 Å². The first-order valence-electron chi connectivity index (χ1n) is 6.48. The predicted molar refractivity (Wildman–Crippen MR) is 79.5 cm³/mol. The first-order valence-corrected chi connectivity index (χ1v) is 7.27. The van der Waals surface area contributed by atoms with Crippen LogP contribution >= 0.6 is 15.9 Å². The summed E-state index contributed by atoms with van der Waals surface area (Å²) in [6, 6.07) is 7.65. The van der Waals surface area contributed by atoms with Crippen LogP contribution in [0.2, 0.25) is 0 Å². The number of anilines is 1. The fourth-order valence-electron chi connectivity index (χ4n) is 2.48. The summed E-state index contributed by atoms with van der Waals surface area (Å²) in [7, 11) is 2.04. The number of para-hydroxylation sites is 1. The number of hydrogen-bond donors (Lipinski definition) is 2. The number of halogens is 1. The minimum Gasteiger partial charge on any atom is -0.480 e. The average molecular weight is 327 g/mol. The summed E-state index contributed by atoms with van der Waals surface area (Å²) in [5, 5.41) is 12.9. The van der Waals surface area contributed by atoms with Crippen molar-refractivity contribution in [3.8, 4) is 0 Å². The summed E-state index contributed by atoms with van der Waals surface area (Å²) in [5.74, 6) is -0.765. The van der Waals surface area contributed by atoms with E-state index in [1.807, 2.05) is 31.3 Å². The van der Waals surface area contributed by atoms with Gasteiger partial charge in [-0.25, -0.2) is 4.79 Å².